The monoisotopic (exact) mass is 389 g/mol. The maximum absolute atomic E-state index is 12.4. The fourth-order valence-electron chi connectivity index (χ4n) is 2.45. The molecule has 3 rings (SSSR count). The van der Waals surface area contributed by atoms with Gasteiger partial charge in [-0.25, -0.2) is 0 Å². The van der Waals surface area contributed by atoms with Crippen LogP contribution in [-0.2, 0) is 6.54 Å². The molecule has 27 heavy (non-hydrogen) atoms. The van der Waals surface area contributed by atoms with Crippen LogP contribution >= 0.6 is 11.8 Å². The fraction of sp³-hybridized carbons (Fsp3) is 0.211. The number of nitrogens with zero attached hydrogens (tertiary/aromatic N) is 3. The van der Waals surface area contributed by atoms with Crippen molar-refractivity contribution in [2.24, 2.45) is 0 Å². The molecular formula is C19H17F2N3O2S. The van der Waals surface area contributed by atoms with Gasteiger partial charge in [-0.05, 0) is 36.8 Å². The number of carbonyl (C=O) groups is 1. The lowest BCUT2D eigenvalue weighted by Gasteiger charge is -2.08. The van der Waals surface area contributed by atoms with E-state index in [0.29, 0.717) is 17.3 Å². The molecule has 0 atom stereocenters. The summed E-state index contributed by atoms with van der Waals surface area (Å²) >= 11 is 1.29. The standard InChI is InChI=1S/C19H17F2N3O2S/c1-13-22-23-19(24(13)11-14-5-3-2-4-6-14)27-12-17(25)15-7-9-16(10-8-15)26-18(20)21/h2-10,18H,11-12H2,1H3. The lowest BCUT2D eigenvalue weighted by Crippen LogP contribution is -2.07. The first-order valence-corrected chi connectivity index (χ1v) is 9.16. The Labute approximate surface area is 159 Å². The Morgan fingerprint density at radius 1 is 1.11 bits per heavy atom. The number of carbonyl (C=O) groups excluding carboxylic acids is 1. The van der Waals surface area contributed by atoms with Crippen LogP contribution < -0.4 is 4.74 Å². The molecule has 0 spiro atoms. The normalized spacial score (nSPS) is 11.0. The Morgan fingerprint density at radius 3 is 2.48 bits per heavy atom. The summed E-state index contributed by atoms with van der Waals surface area (Å²) in [5, 5.41) is 8.90. The molecule has 0 saturated heterocycles. The Kier molecular flexibility index (Phi) is 6.18. The molecule has 0 fully saturated rings. The molecule has 140 valence electrons. The topological polar surface area (TPSA) is 57.0 Å². The summed E-state index contributed by atoms with van der Waals surface area (Å²) in [6, 6.07) is 15.6. The second kappa shape index (κ2) is 8.77. The maximum Gasteiger partial charge on any atom is 0.387 e. The zero-order valence-corrected chi connectivity index (χ0v) is 15.3. The number of ether oxygens (including phenoxy) is 1. The fourth-order valence-corrected chi connectivity index (χ4v) is 3.33. The van der Waals surface area contributed by atoms with Gasteiger partial charge in [-0.15, -0.1) is 10.2 Å². The molecular weight excluding hydrogens is 372 g/mol. The number of hydrogen-bond donors (Lipinski definition) is 0. The summed E-state index contributed by atoms with van der Waals surface area (Å²) in [4.78, 5) is 12.4. The van der Waals surface area contributed by atoms with E-state index in [1.807, 2.05) is 41.8 Å². The van der Waals surface area contributed by atoms with Crippen LogP contribution in [0.25, 0.3) is 0 Å². The largest absolute Gasteiger partial charge is 0.435 e. The highest BCUT2D eigenvalue weighted by atomic mass is 32.2. The van der Waals surface area contributed by atoms with Crippen molar-refractivity contribution in [3.63, 3.8) is 0 Å². The van der Waals surface area contributed by atoms with E-state index in [2.05, 4.69) is 14.9 Å². The number of Topliss-reactive ketones (excluding diaryl/α,β-unsaturated/α-hetero) is 1. The highest BCUT2D eigenvalue weighted by Gasteiger charge is 2.14. The van der Waals surface area contributed by atoms with E-state index < -0.39 is 6.61 Å². The van der Waals surface area contributed by atoms with Crippen molar-refractivity contribution < 1.29 is 18.3 Å². The molecule has 0 amide bonds. The van der Waals surface area contributed by atoms with Crippen molar-refractivity contribution in [2.45, 2.75) is 25.2 Å². The number of aryl methyl sites for hydroxylation is 1. The molecule has 0 aliphatic carbocycles. The van der Waals surface area contributed by atoms with Crippen molar-refractivity contribution >= 4 is 17.5 Å². The Balaban J connectivity index is 1.64. The first-order chi connectivity index (χ1) is 13.0. The Hall–Kier alpha value is -2.74. The van der Waals surface area contributed by atoms with Crippen LogP contribution in [0.4, 0.5) is 8.78 Å². The van der Waals surface area contributed by atoms with E-state index in [-0.39, 0.29) is 17.3 Å². The quantitative estimate of drug-likeness (QED) is 0.427. The molecule has 0 bridgehead atoms. The summed E-state index contributed by atoms with van der Waals surface area (Å²) in [7, 11) is 0. The van der Waals surface area contributed by atoms with E-state index >= 15 is 0 Å². The van der Waals surface area contributed by atoms with E-state index in [9.17, 15) is 13.6 Å². The van der Waals surface area contributed by atoms with Crippen LogP contribution in [0, 0.1) is 6.92 Å². The molecule has 5 nitrogen and oxygen atoms in total. The summed E-state index contributed by atoms with van der Waals surface area (Å²) in [6.07, 6.45) is 0. The summed E-state index contributed by atoms with van der Waals surface area (Å²) in [5.74, 6) is 0.826. The summed E-state index contributed by atoms with van der Waals surface area (Å²) in [5.41, 5.74) is 1.54. The van der Waals surface area contributed by atoms with E-state index in [0.717, 1.165) is 11.4 Å². The molecule has 2 aromatic carbocycles. The third kappa shape index (κ3) is 5.13. The van der Waals surface area contributed by atoms with Crippen LogP contribution in [0.3, 0.4) is 0 Å². The number of aromatic nitrogens is 3. The van der Waals surface area contributed by atoms with Gasteiger partial charge in [0.05, 0.1) is 12.3 Å². The van der Waals surface area contributed by atoms with Gasteiger partial charge in [0, 0.05) is 5.56 Å². The molecule has 3 aromatic rings. The van der Waals surface area contributed by atoms with Gasteiger partial charge in [-0.3, -0.25) is 4.79 Å². The number of ketones is 1. The predicted octanol–water partition coefficient (Wildman–Crippen LogP) is 4.21. The van der Waals surface area contributed by atoms with Crippen molar-refractivity contribution in [3.8, 4) is 5.75 Å². The third-order valence-corrected chi connectivity index (χ3v) is 4.79. The minimum Gasteiger partial charge on any atom is -0.435 e. The van der Waals surface area contributed by atoms with Crippen molar-refractivity contribution in [1.82, 2.24) is 14.8 Å². The average Bonchev–Trinajstić information content (AvgIpc) is 3.00. The first-order valence-electron chi connectivity index (χ1n) is 8.17. The predicted molar refractivity (Wildman–Crippen MR) is 98.4 cm³/mol. The minimum absolute atomic E-state index is 0.0208. The average molecular weight is 389 g/mol. The van der Waals surface area contributed by atoms with Gasteiger partial charge in [-0.2, -0.15) is 8.78 Å². The summed E-state index contributed by atoms with van der Waals surface area (Å²) in [6.45, 7) is -0.402. The van der Waals surface area contributed by atoms with Crippen molar-refractivity contribution in [2.75, 3.05) is 5.75 Å². The highest BCUT2D eigenvalue weighted by molar-refractivity contribution is 7.99. The molecule has 1 heterocycles. The molecule has 0 aliphatic heterocycles. The van der Waals surface area contributed by atoms with E-state index in [1.165, 1.54) is 36.0 Å². The van der Waals surface area contributed by atoms with Crippen molar-refractivity contribution in [3.05, 3.63) is 71.5 Å². The first kappa shape index (κ1) is 19.0. The smallest absolute Gasteiger partial charge is 0.387 e. The number of thioether (sulfide) groups is 1. The number of benzene rings is 2. The van der Waals surface area contributed by atoms with E-state index in [4.69, 9.17) is 0 Å². The molecule has 1 aromatic heterocycles. The van der Waals surface area contributed by atoms with Gasteiger partial charge in [0.25, 0.3) is 0 Å². The molecule has 0 radical (unpaired) electrons. The zero-order chi connectivity index (χ0) is 19.2. The number of alkyl halides is 2. The van der Waals surface area contributed by atoms with Gasteiger partial charge >= 0.3 is 6.61 Å². The lowest BCUT2D eigenvalue weighted by molar-refractivity contribution is -0.0498. The van der Waals surface area contributed by atoms with Crippen LogP contribution in [-0.4, -0.2) is 32.9 Å². The maximum atomic E-state index is 12.4. The number of hydrogen-bond acceptors (Lipinski definition) is 5. The number of halogens is 2. The van der Waals surface area contributed by atoms with Crippen LogP contribution in [0.2, 0.25) is 0 Å². The molecule has 0 unspecified atom stereocenters. The van der Waals surface area contributed by atoms with Crippen LogP contribution in [0.5, 0.6) is 5.75 Å². The van der Waals surface area contributed by atoms with Gasteiger partial charge in [-0.1, -0.05) is 42.1 Å². The van der Waals surface area contributed by atoms with Crippen molar-refractivity contribution in [1.29, 1.82) is 0 Å². The molecule has 0 N–H and O–H groups in total. The van der Waals surface area contributed by atoms with Gasteiger partial charge in [0.15, 0.2) is 10.9 Å². The van der Waals surface area contributed by atoms with Gasteiger partial charge in [0.1, 0.15) is 11.6 Å². The molecule has 0 saturated carbocycles. The van der Waals surface area contributed by atoms with Gasteiger partial charge < -0.3 is 9.30 Å². The SMILES string of the molecule is Cc1nnc(SCC(=O)c2ccc(OC(F)F)cc2)n1Cc1ccccc1. The Bertz CT molecular complexity index is 899. The second-order valence-corrected chi connectivity index (χ2v) is 6.66. The summed E-state index contributed by atoms with van der Waals surface area (Å²) < 4.78 is 30.6. The zero-order valence-electron chi connectivity index (χ0n) is 14.5. The lowest BCUT2D eigenvalue weighted by atomic mass is 10.1. The number of rotatable bonds is 8. The van der Waals surface area contributed by atoms with Gasteiger partial charge in [0.2, 0.25) is 0 Å². The molecule has 0 aliphatic rings. The minimum atomic E-state index is -2.89. The molecule has 8 heteroatoms. The highest BCUT2D eigenvalue weighted by Crippen LogP contribution is 2.21. The van der Waals surface area contributed by atoms with E-state index in [1.54, 1.807) is 0 Å². The second-order valence-electron chi connectivity index (χ2n) is 5.72. The van der Waals surface area contributed by atoms with Crippen LogP contribution in [0.15, 0.2) is 59.8 Å². The Morgan fingerprint density at radius 2 is 1.81 bits per heavy atom. The van der Waals surface area contributed by atoms with Crippen LogP contribution in [0.1, 0.15) is 21.7 Å². The third-order valence-electron chi connectivity index (χ3n) is 3.82.